The number of hydrogen-bond donors (Lipinski definition) is 1. The van der Waals surface area contributed by atoms with Crippen molar-refractivity contribution in [1.82, 2.24) is 0 Å². The topological polar surface area (TPSA) is 29.1 Å². The fourth-order valence-electron chi connectivity index (χ4n) is 2.05. The minimum absolute atomic E-state index is 0.0652. The highest BCUT2D eigenvalue weighted by Crippen LogP contribution is 2.16. The number of amides is 1. The molecule has 2 heteroatoms. The molecule has 0 unspecified atom stereocenters. The van der Waals surface area contributed by atoms with E-state index in [-0.39, 0.29) is 5.91 Å². The minimum Gasteiger partial charge on any atom is -0.322 e. The number of carbonyl (C=O) groups is 1. The summed E-state index contributed by atoms with van der Waals surface area (Å²) in [5, 5.41) is 2.92. The van der Waals surface area contributed by atoms with Gasteiger partial charge in [0.25, 0.3) is 5.91 Å². The van der Waals surface area contributed by atoms with Crippen LogP contribution in [0.3, 0.4) is 0 Å². The summed E-state index contributed by atoms with van der Waals surface area (Å²) in [6.45, 7) is 6.40. The monoisotopic (exact) mass is 267 g/mol. The molecule has 0 radical (unpaired) electrons. The predicted octanol–water partition coefficient (Wildman–Crippen LogP) is 4.62. The van der Waals surface area contributed by atoms with Crippen LogP contribution in [0.2, 0.25) is 0 Å². The van der Waals surface area contributed by atoms with E-state index in [1.807, 2.05) is 48.5 Å². The molecule has 1 N–H and O–H groups in total. The molecule has 0 heterocycles. The Balaban J connectivity index is 2.07. The highest BCUT2D eigenvalue weighted by Gasteiger charge is 2.07. The van der Waals surface area contributed by atoms with Gasteiger partial charge in [-0.3, -0.25) is 4.79 Å². The average molecular weight is 267 g/mol. The van der Waals surface area contributed by atoms with Crippen LogP contribution in [0.1, 0.15) is 48.2 Å². The number of rotatable bonds is 4. The molecule has 20 heavy (non-hydrogen) atoms. The first-order valence-corrected chi connectivity index (χ1v) is 7.10. The van der Waals surface area contributed by atoms with E-state index in [0.29, 0.717) is 11.5 Å². The van der Waals surface area contributed by atoms with E-state index >= 15 is 0 Å². The molecule has 2 rings (SSSR count). The van der Waals surface area contributed by atoms with Crippen molar-refractivity contribution in [3.63, 3.8) is 0 Å². The molecule has 0 aliphatic heterocycles. The van der Waals surface area contributed by atoms with E-state index in [1.54, 1.807) is 0 Å². The number of hydrogen-bond acceptors (Lipinski definition) is 1. The second-order valence-corrected chi connectivity index (χ2v) is 5.28. The number of anilines is 1. The third kappa shape index (κ3) is 3.47. The molecule has 2 aromatic carbocycles. The van der Waals surface area contributed by atoms with Gasteiger partial charge in [0.05, 0.1) is 0 Å². The van der Waals surface area contributed by atoms with Gasteiger partial charge in [0.1, 0.15) is 0 Å². The lowest BCUT2D eigenvalue weighted by Gasteiger charge is -2.08. The Morgan fingerprint density at radius 1 is 1.00 bits per heavy atom. The molecule has 104 valence electrons. The molecular formula is C18H21NO. The largest absolute Gasteiger partial charge is 0.322 e. The summed E-state index contributed by atoms with van der Waals surface area (Å²) in [5.74, 6) is 0.415. The molecule has 0 saturated carbocycles. The maximum absolute atomic E-state index is 12.1. The SMILES string of the molecule is CCc1ccc(NC(=O)c2ccc(C(C)C)cc2)cc1. The van der Waals surface area contributed by atoms with Crippen LogP contribution in [0.5, 0.6) is 0 Å². The third-order valence-electron chi connectivity index (χ3n) is 3.46. The summed E-state index contributed by atoms with van der Waals surface area (Å²) in [6.07, 6.45) is 1.00. The Morgan fingerprint density at radius 3 is 2.10 bits per heavy atom. The van der Waals surface area contributed by atoms with Crippen LogP contribution in [0.4, 0.5) is 5.69 Å². The van der Waals surface area contributed by atoms with Gasteiger partial charge in [0, 0.05) is 11.3 Å². The van der Waals surface area contributed by atoms with Crippen molar-refractivity contribution in [2.24, 2.45) is 0 Å². The number of carbonyl (C=O) groups excluding carboxylic acids is 1. The van der Waals surface area contributed by atoms with Gasteiger partial charge in [-0.25, -0.2) is 0 Å². The molecule has 0 saturated heterocycles. The zero-order chi connectivity index (χ0) is 14.5. The summed E-state index contributed by atoms with van der Waals surface area (Å²) in [7, 11) is 0. The van der Waals surface area contributed by atoms with E-state index in [4.69, 9.17) is 0 Å². The lowest BCUT2D eigenvalue weighted by atomic mass is 10.0. The third-order valence-corrected chi connectivity index (χ3v) is 3.46. The Labute approximate surface area is 120 Å². The summed E-state index contributed by atoms with van der Waals surface area (Å²) in [4.78, 5) is 12.1. The summed E-state index contributed by atoms with van der Waals surface area (Å²) < 4.78 is 0. The quantitative estimate of drug-likeness (QED) is 0.860. The molecule has 0 aliphatic carbocycles. The molecule has 0 spiro atoms. The predicted molar refractivity (Wildman–Crippen MR) is 84.3 cm³/mol. The van der Waals surface area contributed by atoms with E-state index in [9.17, 15) is 4.79 Å². The van der Waals surface area contributed by atoms with Crippen molar-refractivity contribution in [3.8, 4) is 0 Å². The van der Waals surface area contributed by atoms with E-state index < -0.39 is 0 Å². The van der Waals surface area contributed by atoms with Crippen LogP contribution in [-0.4, -0.2) is 5.91 Å². The van der Waals surface area contributed by atoms with Crippen LogP contribution >= 0.6 is 0 Å². The number of aryl methyl sites for hydroxylation is 1. The van der Waals surface area contributed by atoms with Crippen molar-refractivity contribution in [1.29, 1.82) is 0 Å². The highest BCUT2D eigenvalue weighted by molar-refractivity contribution is 6.04. The van der Waals surface area contributed by atoms with Gasteiger partial charge in [0.2, 0.25) is 0 Å². The second-order valence-electron chi connectivity index (χ2n) is 5.28. The molecule has 0 aromatic heterocycles. The van der Waals surface area contributed by atoms with Gasteiger partial charge >= 0.3 is 0 Å². The first-order valence-electron chi connectivity index (χ1n) is 7.10. The molecule has 0 atom stereocenters. The molecule has 1 amide bonds. The Hall–Kier alpha value is -2.09. The van der Waals surface area contributed by atoms with Crippen molar-refractivity contribution in [2.45, 2.75) is 33.1 Å². The molecule has 2 nitrogen and oxygen atoms in total. The molecule has 0 fully saturated rings. The Kier molecular flexibility index (Phi) is 4.57. The summed E-state index contributed by atoms with van der Waals surface area (Å²) in [5.41, 5.74) is 4.03. The molecule has 0 aliphatic rings. The fraction of sp³-hybridized carbons (Fsp3) is 0.278. The second kappa shape index (κ2) is 6.38. The van der Waals surface area contributed by atoms with Crippen LogP contribution < -0.4 is 5.32 Å². The maximum Gasteiger partial charge on any atom is 0.255 e. The Morgan fingerprint density at radius 2 is 1.60 bits per heavy atom. The lowest BCUT2D eigenvalue weighted by Crippen LogP contribution is -2.11. The highest BCUT2D eigenvalue weighted by atomic mass is 16.1. The van der Waals surface area contributed by atoms with E-state index in [1.165, 1.54) is 11.1 Å². The van der Waals surface area contributed by atoms with Gasteiger partial charge in [-0.1, -0.05) is 45.0 Å². The number of nitrogens with one attached hydrogen (secondary N) is 1. The maximum atomic E-state index is 12.1. The minimum atomic E-state index is -0.0652. The van der Waals surface area contributed by atoms with Crippen molar-refractivity contribution < 1.29 is 4.79 Å². The van der Waals surface area contributed by atoms with Gasteiger partial charge in [-0.2, -0.15) is 0 Å². The molecule has 0 bridgehead atoms. The first-order chi connectivity index (χ1) is 9.60. The van der Waals surface area contributed by atoms with Gasteiger partial charge in [0.15, 0.2) is 0 Å². The van der Waals surface area contributed by atoms with Crippen LogP contribution in [0.15, 0.2) is 48.5 Å². The smallest absolute Gasteiger partial charge is 0.255 e. The summed E-state index contributed by atoms with van der Waals surface area (Å²) >= 11 is 0. The first kappa shape index (κ1) is 14.3. The van der Waals surface area contributed by atoms with E-state index in [0.717, 1.165) is 12.1 Å². The van der Waals surface area contributed by atoms with Gasteiger partial charge in [-0.05, 0) is 47.7 Å². The van der Waals surface area contributed by atoms with Crippen molar-refractivity contribution >= 4 is 11.6 Å². The van der Waals surface area contributed by atoms with Gasteiger partial charge < -0.3 is 5.32 Å². The van der Waals surface area contributed by atoms with Crippen LogP contribution in [0.25, 0.3) is 0 Å². The zero-order valence-electron chi connectivity index (χ0n) is 12.3. The molecular weight excluding hydrogens is 246 g/mol. The zero-order valence-corrected chi connectivity index (χ0v) is 12.3. The Bertz CT molecular complexity index is 567. The van der Waals surface area contributed by atoms with Crippen molar-refractivity contribution in [3.05, 3.63) is 65.2 Å². The average Bonchev–Trinajstić information content (AvgIpc) is 2.48. The lowest BCUT2D eigenvalue weighted by molar-refractivity contribution is 0.102. The fourth-order valence-corrected chi connectivity index (χ4v) is 2.05. The normalized spacial score (nSPS) is 10.6. The van der Waals surface area contributed by atoms with Crippen LogP contribution in [-0.2, 0) is 6.42 Å². The van der Waals surface area contributed by atoms with E-state index in [2.05, 4.69) is 26.1 Å². The molecule has 2 aromatic rings. The van der Waals surface area contributed by atoms with Gasteiger partial charge in [-0.15, -0.1) is 0 Å². The summed E-state index contributed by atoms with van der Waals surface area (Å²) in [6, 6.07) is 15.8. The van der Waals surface area contributed by atoms with Crippen LogP contribution in [0, 0.1) is 0 Å². The number of benzene rings is 2. The van der Waals surface area contributed by atoms with Crippen molar-refractivity contribution in [2.75, 3.05) is 5.32 Å². The standard InChI is InChI=1S/C18H21NO/c1-4-14-5-11-17(12-6-14)19-18(20)16-9-7-15(8-10-16)13(2)3/h5-13H,4H2,1-3H3,(H,19,20).